The van der Waals surface area contributed by atoms with Gasteiger partial charge < -0.3 is 0 Å². The van der Waals surface area contributed by atoms with Gasteiger partial charge in [-0.3, -0.25) is 9.48 Å². The molecule has 2 aromatic rings. The summed E-state index contributed by atoms with van der Waals surface area (Å²) in [6.45, 7) is 8.23. The fourth-order valence-corrected chi connectivity index (χ4v) is 2.52. The maximum Gasteiger partial charge on any atom is 0.187 e. The number of nitrogens with zero attached hydrogens (tertiary/aromatic N) is 2. The average Bonchev–Trinajstić information content (AvgIpc) is 2.97. The lowest BCUT2D eigenvalue weighted by Gasteiger charge is -2.14. The van der Waals surface area contributed by atoms with Gasteiger partial charge in [-0.15, -0.1) is 0 Å². The van der Waals surface area contributed by atoms with Crippen molar-refractivity contribution in [2.45, 2.75) is 53.0 Å². The van der Waals surface area contributed by atoms with Gasteiger partial charge in [-0.05, 0) is 37.8 Å². The number of carbonyl (C=O) groups is 1. The van der Waals surface area contributed by atoms with E-state index in [2.05, 4.69) is 31.9 Å². The van der Waals surface area contributed by atoms with Crippen molar-refractivity contribution in [3.05, 3.63) is 52.8 Å². The van der Waals surface area contributed by atoms with E-state index in [0.717, 1.165) is 36.2 Å². The van der Waals surface area contributed by atoms with Crippen LogP contribution >= 0.6 is 0 Å². The number of aromatic nitrogens is 2. The molecule has 2 rings (SSSR count). The second-order valence-electron chi connectivity index (χ2n) is 5.37. The van der Waals surface area contributed by atoms with Crippen molar-refractivity contribution in [1.29, 1.82) is 0 Å². The number of hydrogen-bond donors (Lipinski definition) is 0. The van der Waals surface area contributed by atoms with Crippen molar-refractivity contribution < 1.29 is 4.79 Å². The van der Waals surface area contributed by atoms with Crippen molar-refractivity contribution in [1.82, 2.24) is 9.78 Å². The molecule has 0 spiro atoms. The molecule has 112 valence electrons. The third-order valence-electron chi connectivity index (χ3n) is 3.98. The highest BCUT2D eigenvalue weighted by molar-refractivity contribution is 5.98. The van der Waals surface area contributed by atoms with Gasteiger partial charge in [0.1, 0.15) is 6.04 Å². The van der Waals surface area contributed by atoms with Gasteiger partial charge in [0, 0.05) is 11.3 Å². The summed E-state index contributed by atoms with van der Waals surface area (Å²) in [5, 5.41) is 4.58. The van der Waals surface area contributed by atoms with Crippen molar-refractivity contribution in [3.8, 4) is 0 Å². The second-order valence-corrected chi connectivity index (χ2v) is 5.37. The molecule has 0 bridgehead atoms. The zero-order chi connectivity index (χ0) is 15.4. The molecule has 0 fully saturated rings. The molecule has 1 atom stereocenters. The molecule has 0 saturated carbocycles. The highest BCUT2D eigenvalue weighted by atomic mass is 16.1. The number of benzene rings is 1. The Bertz CT molecular complexity index is 611. The first kappa shape index (κ1) is 15.5. The molecule has 3 heteroatoms. The normalized spacial score (nSPS) is 12.4. The quantitative estimate of drug-likeness (QED) is 0.751. The van der Waals surface area contributed by atoms with Crippen LogP contribution in [0.1, 0.15) is 61.0 Å². The first-order chi connectivity index (χ1) is 10.1. The Hall–Kier alpha value is -1.90. The van der Waals surface area contributed by atoms with Crippen LogP contribution in [0.4, 0.5) is 0 Å². The van der Waals surface area contributed by atoms with Crippen LogP contribution in [0, 0.1) is 0 Å². The molecule has 0 aliphatic rings. The molecule has 0 aliphatic heterocycles. The van der Waals surface area contributed by atoms with Crippen LogP contribution in [0.3, 0.4) is 0 Å². The number of hydrogen-bond acceptors (Lipinski definition) is 2. The second kappa shape index (κ2) is 6.70. The summed E-state index contributed by atoms with van der Waals surface area (Å²) in [5.41, 5.74) is 4.18. The number of rotatable bonds is 6. The molecule has 21 heavy (non-hydrogen) atoms. The summed E-state index contributed by atoms with van der Waals surface area (Å²) in [6.07, 6.45) is 2.77. The van der Waals surface area contributed by atoms with Crippen molar-refractivity contribution in [3.63, 3.8) is 0 Å². The van der Waals surface area contributed by atoms with Gasteiger partial charge in [0.15, 0.2) is 5.78 Å². The van der Waals surface area contributed by atoms with Gasteiger partial charge in [-0.25, -0.2) is 0 Å². The summed E-state index contributed by atoms with van der Waals surface area (Å²) in [4.78, 5) is 12.6. The van der Waals surface area contributed by atoms with Gasteiger partial charge in [0.2, 0.25) is 0 Å². The average molecular weight is 284 g/mol. The number of ketones is 1. The molecule has 0 aliphatic carbocycles. The Balaban J connectivity index is 2.27. The zero-order valence-corrected chi connectivity index (χ0v) is 13.4. The smallest absolute Gasteiger partial charge is 0.187 e. The molecule has 1 unspecified atom stereocenters. The lowest BCUT2D eigenvalue weighted by Crippen LogP contribution is -2.20. The van der Waals surface area contributed by atoms with Gasteiger partial charge in [0.05, 0.1) is 5.69 Å². The summed E-state index contributed by atoms with van der Waals surface area (Å²) < 4.78 is 1.88. The SMILES string of the molecule is CCc1ccc(C(=O)C(C)n2nc(CC)cc2CC)cc1. The third kappa shape index (κ3) is 3.23. The maximum atomic E-state index is 12.6. The Morgan fingerprint density at radius 3 is 2.29 bits per heavy atom. The minimum Gasteiger partial charge on any atom is -0.292 e. The Labute approximate surface area is 127 Å². The summed E-state index contributed by atoms with van der Waals surface area (Å²) in [6, 6.07) is 9.75. The summed E-state index contributed by atoms with van der Waals surface area (Å²) in [7, 11) is 0. The maximum absolute atomic E-state index is 12.6. The van der Waals surface area contributed by atoms with E-state index in [9.17, 15) is 4.79 Å². The minimum atomic E-state index is -0.257. The summed E-state index contributed by atoms with van der Waals surface area (Å²) >= 11 is 0. The highest BCUT2D eigenvalue weighted by Gasteiger charge is 2.20. The van der Waals surface area contributed by atoms with E-state index in [4.69, 9.17) is 0 Å². The predicted octanol–water partition coefficient (Wildman–Crippen LogP) is 4.01. The topological polar surface area (TPSA) is 34.9 Å². The molecule has 0 radical (unpaired) electrons. The Morgan fingerprint density at radius 1 is 1.10 bits per heavy atom. The number of aryl methyl sites for hydroxylation is 3. The van der Waals surface area contributed by atoms with E-state index in [0.29, 0.717) is 0 Å². The predicted molar refractivity (Wildman–Crippen MR) is 85.8 cm³/mol. The first-order valence-electron chi connectivity index (χ1n) is 7.81. The van der Waals surface area contributed by atoms with Gasteiger partial charge in [0.25, 0.3) is 0 Å². The van der Waals surface area contributed by atoms with Crippen molar-refractivity contribution in [2.75, 3.05) is 0 Å². The van der Waals surface area contributed by atoms with E-state index in [1.165, 1.54) is 5.56 Å². The molecule has 1 aromatic heterocycles. The Morgan fingerprint density at radius 2 is 1.76 bits per heavy atom. The van der Waals surface area contributed by atoms with Crippen LogP contribution < -0.4 is 0 Å². The Kier molecular flexibility index (Phi) is 4.94. The number of carbonyl (C=O) groups excluding carboxylic acids is 1. The fraction of sp³-hybridized carbons (Fsp3) is 0.444. The molecule has 3 nitrogen and oxygen atoms in total. The van der Waals surface area contributed by atoms with Crippen LogP contribution in [-0.2, 0) is 19.3 Å². The van der Waals surface area contributed by atoms with Gasteiger partial charge in [-0.1, -0.05) is 45.0 Å². The van der Waals surface area contributed by atoms with Crippen LogP contribution in [-0.4, -0.2) is 15.6 Å². The molecule has 0 N–H and O–H groups in total. The monoisotopic (exact) mass is 284 g/mol. The standard InChI is InChI=1S/C18H24N2O/c1-5-14-8-10-15(11-9-14)18(21)13(4)20-17(7-3)12-16(6-2)19-20/h8-13H,5-7H2,1-4H3. The first-order valence-corrected chi connectivity index (χ1v) is 7.81. The van der Waals surface area contributed by atoms with E-state index in [1.54, 1.807) is 0 Å². The van der Waals surface area contributed by atoms with E-state index in [1.807, 2.05) is 35.9 Å². The van der Waals surface area contributed by atoms with Crippen LogP contribution in [0.15, 0.2) is 30.3 Å². The fourth-order valence-electron chi connectivity index (χ4n) is 2.52. The minimum absolute atomic E-state index is 0.123. The molecular formula is C18H24N2O. The van der Waals surface area contributed by atoms with E-state index >= 15 is 0 Å². The van der Waals surface area contributed by atoms with E-state index < -0.39 is 0 Å². The van der Waals surface area contributed by atoms with Crippen molar-refractivity contribution in [2.24, 2.45) is 0 Å². The van der Waals surface area contributed by atoms with Gasteiger partial charge in [-0.2, -0.15) is 5.10 Å². The van der Waals surface area contributed by atoms with E-state index in [-0.39, 0.29) is 11.8 Å². The zero-order valence-electron chi connectivity index (χ0n) is 13.4. The molecule has 1 aromatic carbocycles. The van der Waals surface area contributed by atoms with Gasteiger partial charge >= 0.3 is 0 Å². The van der Waals surface area contributed by atoms with Crippen molar-refractivity contribution >= 4 is 5.78 Å². The van der Waals surface area contributed by atoms with Crippen LogP contribution in [0.5, 0.6) is 0 Å². The molecule has 1 heterocycles. The largest absolute Gasteiger partial charge is 0.292 e. The van der Waals surface area contributed by atoms with Crippen LogP contribution in [0.2, 0.25) is 0 Å². The highest BCUT2D eigenvalue weighted by Crippen LogP contribution is 2.18. The lowest BCUT2D eigenvalue weighted by atomic mass is 10.0. The van der Waals surface area contributed by atoms with Crippen LogP contribution in [0.25, 0.3) is 0 Å². The molecule has 0 saturated heterocycles. The lowest BCUT2D eigenvalue weighted by molar-refractivity contribution is 0.0926. The third-order valence-corrected chi connectivity index (χ3v) is 3.98. The molecule has 0 amide bonds. The summed E-state index contributed by atoms with van der Waals surface area (Å²) in [5.74, 6) is 0.123. The molecular weight excluding hydrogens is 260 g/mol. The number of Topliss-reactive ketones (excluding diaryl/α,β-unsaturated/α-hetero) is 1.